The maximum atomic E-state index is 13.1. The van der Waals surface area contributed by atoms with Crippen molar-refractivity contribution in [3.63, 3.8) is 0 Å². The van der Waals surface area contributed by atoms with Gasteiger partial charge in [-0.2, -0.15) is 0 Å². The molecule has 0 radical (unpaired) electrons. The molecule has 5 heteroatoms. The Kier molecular flexibility index (Phi) is 11.5. The molecule has 1 heterocycles. The number of unbranched alkanes of at least 4 members (excludes halogenated alkanes) is 7. The average molecular weight is 527 g/mol. The zero-order valence-electron chi connectivity index (χ0n) is 23.1. The summed E-state index contributed by atoms with van der Waals surface area (Å²) in [6.07, 6.45) is 11.1. The Bertz CT molecular complexity index is 1120. The molecule has 0 aliphatic carbocycles. The van der Waals surface area contributed by atoms with Gasteiger partial charge in [0.15, 0.2) is 0 Å². The number of hydrogen-bond donors (Lipinski definition) is 1. The molecule has 0 atom stereocenters. The zero-order chi connectivity index (χ0) is 27.1. The molecule has 0 bridgehead atoms. The third-order valence-electron chi connectivity index (χ3n) is 7.32. The van der Waals surface area contributed by atoms with E-state index in [2.05, 4.69) is 35.6 Å². The molecule has 206 valence electrons. The molecular formula is C34H42N2O3. The predicted molar refractivity (Wildman–Crippen MR) is 158 cm³/mol. The molecule has 2 amide bonds. The molecule has 1 aliphatic heterocycles. The number of ether oxygens (including phenoxy) is 1. The fourth-order valence-electron chi connectivity index (χ4n) is 5.07. The summed E-state index contributed by atoms with van der Waals surface area (Å²) in [4.78, 5) is 26.7. The van der Waals surface area contributed by atoms with E-state index in [1.165, 1.54) is 42.4 Å². The quantitative estimate of drug-likeness (QED) is 0.195. The van der Waals surface area contributed by atoms with Gasteiger partial charge in [-0.15, -0.1) is 0 Å². The summed E-state index contributed by atoms with van der Waals surface area (Å²) in [7, 11) is 0. The lowest BCUT2D eigenvalue weighted by Crippen LogP contribution is -2.29. The number of anilines is 1. The summed E-state index contributed by atoms with van der Waals surface area (Å²) in [6, 6.07) is 26.5. The molecule has 0 spiro atoms. The molecule has 39 heavy (non-hydrogen) atoms. The highest BCUT2D eigenvalue weighted by Crippen LogP contribution is 2.27. The molecule has 1 aliphatic rings. The van der Waals surface area contributed by atoms with Gasteiger partial charge in [-0.25, -0.2) is 0 Å². The van der Waals surface area contributed by atoms with Crippen LogP contribution < -0.4 is 10.1 Å². The SMILES string of the molecule is O=C1CCc2ccc(OCCCCCCCCCCC(=O)N(Cc3ccccc3)Cc3ccccc3)cc2N1. The van der Waals surface area contributed by atoms with Crippen LogP contribution in [0.2, 0.25) is 0 Å². The van der Waals surface area contributed by atoms with Gasteiger partial charge in [0.05, 0.1) is 6.61 Å². The second-order valence-corrected chi connectivity index (χ2v) is 10.5. The monoisotopic (exact) mass is 526 g/mol. The first-order valence-electron chi connectivity index (χ1n) is 14.6. The smallest absolute Gasteiger partial charge is 0.224 e. The van der Waals surface area contributed by atoms with Crippen LogP contribution in [0.1, 0.15) is 80.9 Å². The Hall–Kier alpha value is -3.60. The summed E-state index contributed by atoms with van der Waals surface area (Å²) in [6.45, 7) is 2.01. The number of nitrogens with one attached hydrogen (secondary N) is 1. The Morgan fingerprint density at radius 3 is 1.95 bits per heavy atom. The molecule has 0 fully saturated rings. The predicted octanol–water partition coefficient (Wildman–Crippen LogP) is 7.69. The first kappa shape index (κ1) is 28.4. The topological polar surface area (TPSA) is 58.6 Å². The van der Waals surface area contributed by atoms with Gasteiger partial charge >= 0.3 is 0 Å². The number of aryl methyl sites for hydroxylation is 1. The summed E-state index contributed by atoms with van der Waals surface area (Å²) >= 11 is 0. The van der Waals surface area contributed by atoms with E-state index in [9.17, 15) is 9.59 Å². The number of benzene rings is 3. The second kappa shape index (κ2) is 15.7. The Morgan fingerprint density at radius 1 is 0.718 bits per heavy atom. The number of carbonyl (C=O) groups is 2. The van der Waals surface area contributed by atoms with Gasteiger partial charge in [-0.1, -0.05) is 105 Å². The molecule has 0 aromatic heterocycles. The summed E-state index contributed by atoms with van der Waals surface area (Å²) < 4.78 is 5.90. The van der Waals surface area contributed by atoms with Gasteiger partial charge < -0.3 is 15.0 Å². The second-order valence-electron chi connectivity index (χ2n) is 10.5. The molecule has 5 nitrogen and oxygen atoms in total. The van der Waals surface area contributed by atoms with Crippen LogP contribution in [-0.4, -0.2) is 23.3 Å². The van der Waals surface area contributed by atoms with Crippen molar-refractivity contribution in [2.24, 2.45) is 0 Å². The van der Waals surface area contributed by atoms with Crippen molar-refractivity contribution in [2.45, 2.75) is 83.7 Å². The lowest BCUT2D eigenvalue weighted by atomic mass is 10.0. The number of carbonyl (C=O) groups excluding carboxylic acids is 2. The van der Waals surface area contributed by atoms with Crippen molar-refractivity contribution in [1.82, 2.24) is 4.90 Å². The fourth-order valence-corrected chi connectivity index (χ4v) is 5.07. The Balaban J connectivity index is 1.05. The van der Waals surface area contributed by atoms with Crippen LogP contribution in [0.5, 0.6) is 5.75 Å². The maximum absolute atomic E-state index is 13.1. The molecule has 3 aromatic rings. The van der Waals surface area contributed by atoms with E-state index < -0.39 is 0 Å². The minimum absolute atomic E-state index is 0.0827. The Labute approximate surface area is 233 Å². The molecule has 4 rings (SSSR count). The van der Waals surface area contributed by atoms with E-state index in [1.54, 1.807) is 0 Å². The normalized spacial score (nSPS) is 12.5. The van der Waals surface area contributed by atoms with Crippen LogP contribution in [0.4, 0.5) is 5.69 Å². The van der Waals surface area contributed by atoms with E-state index in [0.29, 0.717) is 32.5 Å². The summed E-state index contributed by atoms with van der Waals surface area (Å²) in [5.41, 5.74) is 4.42. The van der Waals surface area contributed by atoms with Crippen LogP contribution >= 0.6 is 0 Å². The minimum Gasteiger partial charge on any atom is -0.494 e. The van der Waals surface area contributed by atoms with Gasteiger partial charge in [0, 0.05) is 37.7 Å². The first-order chi connectivity index (χ1) is 19.2. The van der Waals surface area contributed by atoms with E-state index in [-0.39, 0.29) is 11.8 Å². The van der Waals surface area contributed by atoms with Crippen molar-refractivity contribution < 1.29 is 14.3 Å². The minimum atomic E-state index is 0.0827. The summed E-state index contributed by atoms with van der Waals surface area (Å²) in [5, 5.41) is 2.93. The zero-order valence-corrected chi connectivity index (χ0v) is 23.1. The number of fused-ring (bicyclic) bond motifs is 1. The van der Waals surface area contributed by atoms with Gasteiger partial charge in [0.1, 0.15) is 5.75 Å². The van der Waals surface area contributed by atoms with Gasteiger partial charge in [-0.05, 0) is 42.0 Å². The Morgan fingerprint density at radius 2 is 1.31 bits per heavy atom. The summed E-state index contributed by atoms with van der Waals surface area (Å²) in [5.74, 6) is 1.15. The van der Waals surface area contributed by atoms with Gasteiger partial charge in [0.25, 0.3) is 0 Å². The molecule has 3 aromatic carbocycles. The highest BCUT2D eigenvalue weighted by Gasteiger charge is 2.16. The largest absolute Gasteiger partial charge is 0.494 e. The van der Waals surface area contributed by atoms with Crippen LogP contribution in [-0.2, 0) is 29.1 Å². The van der Waals surface area contributed by atoms with Crippen molar-refractivity contribution in [2.75, 3.05) is 11.9 Å². The lowest BCUT2D eigenvalue weighted by molar-refractivity contribution is -0.132. The first-order valence-corrected chi connectivity index (χ1v) is 14.6. The number of nitrogens with zero attached hydrogens (tertiary/aromatic N) is 1. The van der Waals surface area contributed by atoms with Gasteiger partial charge in [-0.3, -0.25) is 9.59 Å². The molecule has 0 unspecified atom stereocenters. The third-order valence-corrected chi connectivity index (χ3v) is 7.32. The number of amides is 2. The fraction of sp³-hybridized carbons (Fsp3) is 0.412. The lowest BCUT2D eigenvalue weighted by Gasteiger charge is -2.23. The standard InChI is InChI=1S/C34H42N2O3/c37-33-23-21-30-20-22-31(25-32(30)35-33)39-24-14-6-4-2-1-3-5-13-19-34(38)36(26-28-15-9-7-10-16-28)27-29-17-11-8-12-18-29/h7-12,15-18,20,22,25H,1-6,13-14,19,21,23-24,26-27H2,(H,35,37). The number of hydrogen-bond acceptors (Lipinski definition) is 3. The average Bonchev–Trinajstić information content (AvgIpc) is 2.96. The highest BCUT2D eigenvalue weighted by molar-refractivity contribution is 5.94. The molecular weight excluding hydrogens is 484 g/mol. The van der Waals surface area contributed by atoms with Crippen molar-refractivity contribution in [1.29, 1.82) is 0 Å². The van der Waals surface area contributed by atoms with Crippen molar-refractivity contribution in [3.05, 3.63) is 95.6 Å². The van der Waals surface area contributed by atoms with E-state index in [1.807, 2.05) is 53.4 Å². The molecule has 0 saturated heterocycles. The van der Waals surface area contributed by atoms with Crippen molar-refractivity contribution >= 4 is 17.5 Å². The van der Waals surface area contributed by atoms with Crippen LogP contribution in [0.3, 0.4) is 0 Å². The van der Waals surface area contributed by atoms with E-state index >= 15 is 0 Å². The van der Waals surface area contributed by atoms with Crippen LogP contribution in [0, 0.1) is 0 Å². The number of rotatable bonds is 16. The molecule has 0 saturated carbocycles. The van der Waals surface area contributed by atoms with Crippen LogP contribution in [0.25, 0.3) is 0 Å². The maximum Gasteiger partial charge on any atom is 0.224 e. The third kappa shape index (κ3) is 9.90. The molecule has 1 N–H and O–H groups in total. The highest BCUT2D eigenvalue weighted by atomic mass is 16.5. The van der Waals surface area contributed by atoms with Crippen molar-refractivity contribution in [3.8, 4) is 5.75 Å². The van der Waals surface area contributed by atoms with E-state index in [0.717, 1.165) is 43.5 Å². The van der Waals surface area contributed by atoms with E-state index in [4.69, 9.17) is 4.74 Å². The van der Waals surface area contributed by atoms with Gasteiger partial charge in [0.2, 0.25) is 11.8 Å². The van der Waals surface area contributed by atoms with Crippen LogP contribution in [0.15, 0.2) is 78.9 Å².